The average molecular weight is 261 g/mol. The van der Waals surface area contributed by atoms with Crippen LogP contribution in [0.1, 0.15) is 25.5 Å². The minimum atomic E-state index is -0.507. The fraction of sp³-hybridized carbons (Fsp3) is 0.533. The van der Waals surface area contributed by atoms with E-state index in [1.807, 2.05) is 39.1 Å². The lowest BCUT2D eigenvalue weighted by molar-refractivity contribution is -0.149. The van der Waals surface area contributed by atoms with Crippen molar-refractivity contribution in [2.45, 2.75) is 25.4 Å². The van der Waals surface area contributed by atoms with E-state index in [0.717, 1.165) is 13.1 Å². The highest BCUT2D eigenvalue weighted by atomic mass is 16.2. The molecule has 1 saturated heterocycles. The predicted octanol–water partition coefficient (Wildman–Crippen LogP) is 1.24. The molecular weight excluding hydrogens is 238 g/mol. The maximum absolute atomic E-state index is 12.4. The molecule has 1 atom stereocenters. The van der Waals surface area contributed by atoms with Gasteiger partial charge in [0.15, 0.2) is 0 Å². The van der Waals surface area contributed by atoms with Gasteiger partial charge in [0.2, 0.25) is 5.91 Å². The second-order valence-corrected chi connectivity index (χ2v) is 5.64. The molecule has 19 heavy (non-hydrogen) atoms. The smallest absolute Gasteiger partial charge is 0.242 e. The van der Waals surface area contributed by atoms with E-state index in [4.69, 9.17) is 5.73 Å². The van der Waals surface area contributed by atoms with Crippen molar-refractivity contribution in [3.63, 3.8) is 0 Å². The molecule has 0 spiro atoms. The van der Waals surface area contributed by atoms with Gasteiger partial charge in [-0.1, -0.05) is 30.3 Å². The third-order valence-electron chi connectivity index (χ3n) is 4.05. The van der Waals surface area contributed by atoms with Gasteiger partial charge >= 0.3 is 0 Å². The first-order valence-corrected chi connectivity index (χ1v) is 6.76. The Kier molecular flexibility index (Phi) is 3.92. The summed E-state index contributed by atoms with van der Waals surface area (Å²) in [6.07, 6.45) is 0. The van der Waals surface area contributed by atoms with E-state index in [1.165, 1.54) is 5.56 Å². The van der Waals surface area contributed by atoms with Gasteiger partial charge in [-0.2, -0.15) is 0 Å². The standard InChI is InChI=1S/C15H23N3O/c1-15(2)14(19)17(3)9-10-18(15)13(11-16)12-7-5-4-6-8-12/h4-8,13H,9-11,16H2,1-3H3. The van der Waals surface area contributed by atoms with Gasteiger partial charge in [-0.15, -0.1) is 0 Å². The van der Waals surface area contributed by atoms with Gasteiger partial charge in [0.1, 0.15) is 0 Å². The zero-order chi connectivity index (χ0) is 14.0. The molecule has 104 valence electrons. The Morgan fingerprint density at radius 2 is 1.89 bits per heavy atom. The van der Waals surface area contributed by atoms with Crippen molar-refractivity contribution in [2.75, 3.05) is 26.7 Å². The van der Waals surface area contributed by atoms with Crippen LogP contribution in [-0.4, -0.2) is 47.9 Å². The molecule has 2 rings (SSSR count). The third-order valence-corrected chi connectivity index (χ3v) is 4.05. The summed E-state index contributed by atoms with van der Waals surface area (Å²) in [4.78, 5) is 16.4. The number of rotatable bonds is 3. The number of likely N-dealkylation sites (N-methyl/N-ethyl adjacent to an activating group) is 1. The number of piperazine rings is 1. The molecule has 1 unspecified atom stereocenters. The first-order valence-electron chi connectivity index (χ1n) is 6.76. The Morgan fingerprint density at radius 1 is 1.26 bits per heavy atom. The zero-order valence-electron chi connectivity index (χ0n) is 12.0. The van der Waals surface area contributed by atoms with Gasteiger partial charge in [-0.3, -0.25) is 9.69 Å². The molecule has 4 nitrogen and oxygen atoms in total. The van der Waals surface area contributed by atoms with Gasteiger partial charge in [-0.25, -0.2) is 0 Å². The van der Waals surface area contributed by atoms with Crippen LogP contribution in [0.5, 0.6) is 0 Å². The van der Waals surface area contributed by atoms with Crippen LogP contribution >= 0.6 is 0 Å². The molecule has 1 aromatic carbocycles. The number of benzene rings is 1. The van der Waals surface area contributed by atoms with Crippen LogP contribution in [0, 0.1) is 0 Å². The zero-order valence-corrected chi connectivity index (χ0v) is 12.0. The Balaban J connectivity index is 2.31. The third kappa shape index (κ3) is 2.51. The molecule has 0 saturated carbocycles. The number of carbonyl (C=O) groups is 1. The molecule has 4 heteroatoms. The summed E-state index contributed by atoms with van der Waals surface area (Å²) < 4.78 is 0. The molecule has 0 aliphatic carbocycles. The van der Waals surface area contributed by atoms with Crippen LogP contribution in [0.15, 0.2) is 30.3 Å². The second-order valence-electron chi connectivity index (χ2n) is 5.64. The monoisotopic (exact) mass is 261 g/mol. The van der Waals surface area contributed by atoms with Crippen LogP contribution in [0.25, 0.3) is 0 Å². The summed E-state index contributed by atoms with van der Waals surface area (Å²) in [5.41, 5.74) is 6.64. The van der Waals surface area contributed by atoms with E-state index in [0.29, 0.717) is 6.54 Å². The quantitative estimate of drug-likeness (QED) is 0.890. The molecular formula is C15H23N3O. The second kappa shape index (κ2) is 5.31. The van der Waals surface area contributed by atoms with Crippen molar-refractivity contribution in [1.82, 2.24) is 9.80 Å². The van der Waals surface area contributed by atoms with E-state index in [-0.39, 0.29) is 11.9 Å². The molecule has 1 aromatic rings. The van der Waals surface area contributed by atoms with Crippen molar-refractivity contribution >= 4 is 5.91 Å². The fourth-order valence-electron chi connectivity index (χ4n) is 2.89. The maximum atomic E-state index is 12.4. The SMILES string of the molecule is CN1CCN(C(CN)c2ccccc2)C(C)(C)C1=O. The molecule has 2 N–H and O–H groups in total. The topological polar surface area (TPSA) is 49.6 Å². The van der Waals surface area contributed by atoms with Crippen molar-refractivity contribution in [3.8, 4) is 0 Å². The molecule has 0 radical (unpaired) electrons. The minimum absolute atomic E-state index is 0.0915. The van der Waals surface area contributed by atoms with Crippen molar-refractivity contribution in [2.24, 2.45) is 5.73 Å². The lowest BCUT2D eigenvalue weighted by Crippen LogP contribution is -2.63. The van der Waals surface area contributed by atoms with E-state index in [1.54, 1.807) is 4.90 Å². The van der Waals surface area contributed by atoms with E-state index < -0.39 is 5.54 Å². The summed E-state index contributed by atoms with van der Waals surface area (Å²) in [6.45, 7) is 6.09. The molecule has 0 bridgehead atoms. The highest BCUT2D eigenvalue weighted by molar-refractivity contribution is 5.86. The summed E-state index contributed by atoms with van der Waals surface area (Å²) in [5.74, 6) is 0.160. The van der Waals surface area contributed by atoms with Crippen LogP contribution < -0.4 is 5.73 Å². The van der Waals surface area contributed by atoms with Crippen molar-refractivity contribution < 1.29 is 4.79 Å². The van der Waals surface area contributed by atoms with Gasteiger partial charge < -0.3 is 10.6 Å². The Morgan fingerprint density at radius 3 is 2.47 bits per heavy atom. The summed E-state index contributed by atoms with van der Waals surface area (Å²) in [5, 5.41) is 0. The lowest BCUT2D eigenvalue weighted by atomic mass is 9.92. The van der Waals surface area contributed by atoms with Gasteiger partial charge in [0, 0.05) is 32.7 Å². The molecule has 0 aromatic heterocycles. The highest BCUT2D eigenvalue weighted by Gasteiger charge is 2.43. The van der Waals surface area contributed by atoms with E-state index in [2.05, 4.69) is 17.0 Å². The Labute approximate surface area is 115 Å². The Bertz CT molecular complexity index is 444. The number of nitrogens with two attached hydrogens (primary N) is 1. The molecule has 1 amide bonds. The number of hydrogen-bond acceptors (Lipinski definition) is 3. The van der Waals surface area contributed by atoms with E-state index in [9.17, 15) is 4.79 Å². The Hall–Kier alpha value is -1.39. The van der Waals surface area contributed by atoms with Crippen LogP contribution in [0.3, 0.4) is 0 Å². The number of hydrogen-bond donors (Lipinski definition) is 1. The van der Waals surface area contributed by atoms with Gasteiger partial charge in [-0.05, 0) is 19.4 Å². The first-order chi connectivity index (χ1) is 8.98. The predicted molar refractivity (Wildman–Crippen MR) is 76.7 cm³/mol. The minimum Gasteiger partial charge on any atom is -0.343 e. The van der Waals surface area contributed by atoms with E-state index >= 15 is 0 Å². The fourth-order valence-corrected chi connectivity index (χ4v) is 2.89. The van der Waals surface area contributed by atoms with Crippen LogP contribution in [0.2, 0.25) is 0 Å². The largest absolute Gasteiger partial charge is 0.343 e. The normalized spacial score (nSPS) is 21.5. The molecule has 1 aliphatic heterocycles. The summed E-state index contributed by atoms with van der Waals surface area (Å²) in [7, 11) is 1.86. The molecule has 1 aliphatic rings. The molecule has 1 heterocycles. The number of amides is 1. The first kappa shape index (κ1) is 14.0. The molecule has 1 fully saturated rings. The summed E-state index contributed by atoms with van der Waals surface area (Å²) >= 11 is 0. The lowest BCUT2D eigenvalue weighted by Gasteiger charge is -2.48. The van der Waals surface area contributed by atoms with Crippen molar-refractivity contribution in [3.05, 3.63) is 35.9 Å². The summed E-state index contributed by atoms with van der Waals surface area (Å²) in [6, 6.07) is 10.3. The number of nitrogens with zero attached hydrogens (tertiary/aromatic N) is 2. The van der Waals surface area contributed by atoms with Crippen LogP contribution in [0.4, 0.5) is 0 Å². The van der Waals surface area contributed by atoms with Crippen LogP contribution in [-0.2, 0) is 4.79 Å². The number of carbonyl (C=O) groups excluding carboxylic acids is 1. The maximum Gasteiger partial charge on any atom is 0.242 e. The van der Waals surface area contributed by atoms with Gasteiger partial charge in [0.05, 0.1) is 5.54 Å². The average Bonchev–Trinajstić information content (AvgIpc) is 2.41. The van der Waals surface area contributed by atoms with Crippen molar-refractivity contribution in [1.29, 1.82) is 0 Å². The van der Waals surface area contributed by atoms with Gasteiger partial charge in [0.25, 0.3) is 0 Å². The highest BCUT2D eigenvalue weighted by Crippen LogP contribution is 2.31.